The number of halogens is 4. The Morgan fingerprint density at radius 2 is 1.81 bits per heavy atom. The Morgan fingerprint density at radius 1 is 1.14 bits per heavy atom. The molecule has 4 rings (SSSR count). The molecule has 0 radical (unpaired) electrons. The molecule has 1 saturated heterocycles. The number of aromatic nitrogens is 2. The SMILES string of the molecule is COCCCNC(=O)CCN1CCCC1Cn1nc(Cc2ccc(Cl)cc2)c2ccccc2c1=O.O=C(O)C(F)(F)F. The fourth-order valence-corrected chi connectivity index (χ4v) is 4.85. The van der Waals surface area contributed by atoms with Gasteiger partial charge in [-0.15, -0.1) is 0 Å². The number of alkyl halides is 3. The summed E-state index contributed by atoms with van der Waals surface area (Å²) >= 11 is 6.05. The van der Waals surface area contributed by atoms with Crippen molar-refractivity contribution in [1.82, 2.24) is 20.0 Å². The Bertz CT molecular complexity index is 1400. The van der Waals surface area contributed by atoms with Crippen molar-refractivity contribution in [2.75, 3.05) is 33.4 Å². The summed E-state index contributed by atoms with van der Waals surface area (Å²) in [5.41, 5.74) is 1.90. The second-order valence-corrected chi connectivity index (χ2v) is 10.3. The number of amides is 1. The minimum Gasteiger partial charge on any atom is -0.475 e. The van der Waals surface area contributed by atoms with E-state index < -0.39 is 12.1 Å². The molecular weight excluding hydrogens is 577 g/mol. The summed E-state index contributed by atoms with van der Waals surface area (Å²) in [6.45, 7) is 3.40. The number of carbonyl (C=O) groups is 2. The van der Waals surface area contributed by atoms with Gasteiger partial charge in [-0.25, -0.2) is 9.48 Å². The van der Waals surface area contributed by atoms with Crippen LogP contribution < -0.4 is 10.9 Å². The molecule has 9 nitrogen and oxygen atoms in total. The van der Waals surface area contributed by atoms with Gasteiger partial charge in [-0.2, -0.15) is 18.3 Å². The van der Waals surface area contributed by atoms with Crippen LogP contribution in [0.1, 0.15) is 36.9 Å². The zero-order chi connectivity index (χ0) is 30.7. The first-order valence-electron chi connectivity index (χ1n) is 13.5. The van der Waals surface area contributed by atoms with Crippen molar-refractivity contribution < 1.29 is 32.6 Å². The lowest BCUT2D eigenvalue weighted by Crippen LogP contribution is -2.39. The number of rotatable bonds is 11. The van der Waals surface area contributed by atoms with Gasteiger partial charge < -0.3 is 15.2 Å². The Morgan fingerprint density at radius 3 is 2.45 bits per heavy atom. The van der Waals surface area contributed by atoms with E-state index in [1.165, 1.54) is 0 Å². The molecule has 1 atom stereocenters. The number of likely N-dealkylation sites (tertiary alicyclic amines) is 1. The molecule has 228 valence electrons. The summed E-state index contributed by atoms with van der Waals surface area (Å²) < 4.78 is 38.4. The summed E-state index contributed by atoms with van der Waals surface area (Å²) in [6.07, 6.45) is -1.16. The molecular formula is C29H34ClF3N4O5. The number of hydrogen-bond donors (Lipinski definition) is 2. The van der Waals surface area contributed by atoms with Gasteiger partial charge in [0.25, 0.3) is 5.56 Å². The Balaban J connectivity index is 0.000000616. The molecule has 0 saturated carbocycles. The number of carbonyl (C=O) groups excluding carboxylic acids is 1. The van der Waals surface area contributed by atoms with E-state index >= 15 is 0 Å². The van der Waals surface area contributed by atoms with Crippen LogP contribution in [-0.2, 0) is 27.3 Å². The molecule has 13 heteroatoms. The van der Waals surface area contributed by atoms with Crippen LogP contribution in [0.3, 0.4) is 0 Å². The van der Waals surface area contributed by atoms with E-state index in [0.717, 1.165) is 42.5 Å². The van der Waals surface area contributed by atoms with Crippen molar-refractivity contribution in [3.05, 3.63) is 75.2 Å². The van der Waals surface area contributed by atoms with Crippen molar-refractivity contribution >= 4 is 34.2 Å². The van der Waals surface area contributed by atoms with E-state index in [4.69, 9.17) is 31.3 Å². The number of hydrogen-bond acceptors (Lipinski definition) is 6. The first-order chi connectivity index (χ1) is 20.0. The Kier molecular flexibility index (Phi) is 12.3. The maximum Gasteiger partial charge on any atom is 0.490 e. The van der Waals surface area contributed by atoms with Gasteiger partial charge in [-0.05, 0) is 49.6 Å². The van der Waals surface area contributed by atoms with Gasteiger partial charge >= 0.3 is 12.1 Å². The molecule has 3 aromatic rings. The molecule has 0 aliphatic carbocycles. The fourth-order valence-electron chi connectivity index (χ4n) is 4.73. The van der Waals surface area contributed by atoms with E-state index in [1.54, 1.807) is 11.8 Å². The predicted molar refractivity (Wildman–Crippen MR) is 153 cm³/mol. The van der Waals surface area contributed by atoms with Crippen molar-refractivity contribution in [1.29, 1.82) is 0 Å². The van der Waals surface area contributed by atoms with Crippen molar-refractivity contribution in [2.24, 2.45) is 0 Å². The van der Waals surface area contributed by atoms with Crippen molar-refractivity contribution in [3.63, 3.8) is 0 Å². The first kappa shape index (κ1) is 33.0. The number of nitrogens with one attached hydrogen (secondary N) is 1. The lowest BCUT2D eigenvalue weighted by atomic mass is 10.0. The molecule has 1 fully saturated rings. The standard InChI is InChI=1S/C27H33ClN4O3.C2HF3O2/c1-35-17-5-14-29-26(33)13-16-31-15-4-6-22(31)19-32-27(34)24-8-3-2-7-23(24)25(30-32)18-20-9-11-21(28)12-10-20;3-2(4,5)1(6)7/h2-3,7-12,22H,4-6,13-19H2,1H3,(H,29,33);(H,6,7). The van der Waals surface area contributed by atoms with Crippen molar-refractivity contribution in [2.45, 2.75) is 50.9 Å². The molecule has 1 amide bonds. The minimum atomic E-state index is -5.08. The van der Waals surface area contributed by atoms with Gasteiger partial charge in [0.1, 0.15) is 0 Å². The molecule has 1 unspecified atom stereocenters. The average molecular weight is 611 g/mol. The third kappa shape index (κ3) is 9.81. The minimum absolute atomic E-state index is 0.0537. The molecule has 0 spiro atoms. The van der Waals surface area contributed by atoms with Gasteiger partial charge in [-0.3, -0.25) is 14.5 Å². The first-order valence-corrected chi connectivity index (χ1v) is 13.9. The molecule has 0 bridgehead atoms. The highest BCUT2D eigenvalue weighted by Crippen LogP contribution is 2.21. The van der Waals surface area contributed by atoms with Crippen LogP contribution in [-0.4, -0.2) is 77.2 Å². The highest BCUT2D eigenvalue weighted by atomic mass is 35.5. The summed E-state index contributed by atoms with van der Waals surface area (Å²) in [4.78, 5) is 36.7. The summed E-state index contributed by atoms with van der Waals surface area (Å²) in [5, 5.41) is 17.2. The molecule has 2 aromatic carbocycles. The largest absolute Gasteiger partial charge is 0.490 e. The van der Waals surface area contributed by atoms with Gasteiger partial charge in [0.2, 0.25) is 5.91 Å². The molecule has 1 aliphatic heterocycles. The number of carboxylic acids is 1. The van der Waals surface area contributed by atoms with Crippen molar-refractivity contribution in [3.8, 4) is 0 Å². The van der Waals surface area contributed by atoms with Crippen LogP contribution in [0.25, 0.3) is 10.8 Å². The lowest BCUT2D eigenvalue weighted by Gasteiger charge is -2.25. The van der Waals surface area contributed by atoms with Crippen LogP contribution in [0.4, 0.5) is 13.2 Å². The third-order valence-corrected chi connectivity index (χ3v) is 7.08. The predicted octanol–water partition coefficient (Wildman–Crippen LogP) is 4.28. The monoisotopic (exact) mass is 610 g/mol. The van der Waals surface area contributed by atoms with E-state index in [0.29, 0.717) is 49.5 Å². The van der Waals surface area contributed by atoms with Gasteiger partial charge in [0, 0.05) is 56.1 Å². The van der Waals surface area contributed by atoms with E-state index in [9.17, 15) is 22.8 Å². The van der Waals surface area contributed by atoms with Gasteiger partial charge in [0.15, 0.2) is 0 Å². The highest BCUT2D eigenvalue weighted by molar-refractivity contribution is 6.30. The smallest absolute Gasteiger partial charge is 0.475 e. The lowest BCUT2D eigenvalue weighted by molar-refractivity contribution is -0.192. The van der Waals surface area contributed by atoms with Crippen LogP contribution in [0.15, 0.2) is 53.3 Å². The fraction of sp³-hybridized carbons (Fsp3) is 0.448. The zero-order valence-electron chi connectivity index (χ0n) is 23.2. The normalized spacial score (nSPS) is 15.3. The number of nitrogens with zero attached hydrogens (tertiary/aromatic N) is 3. The Labute approximate surface area is 246 Å². The number of aliphatic carboxylic acids is 1. The average Bonchev–Trinajstić information content (AvgIpc) is 3.40. The molecule has 2 heterocycles. The van der Waals surface area contributed by atoms with Crippen LogP contribution >= 0.6 is 11.6 Å². The van der Waals surface area contributed by atoms with Gasteiger partial charge in [-0.1, -0.05) is 41.9 Å². The third-order valence-electron chi connectivity index (χ3n) is 6.83. The summed E-state index contributed by atoms with van der Waals surface area (Å²) in [6, 6.07) is 15.6. The number of methoxy groups -OCH3 is 1. The Hall–Kier alpha value is -3.48. The number of benzene rings is 2. The molecule has 42 heavy (non-hydrogen) atoms. The van der Waals surface area contributed by atoms with Crippen LogP contribution in [0, 0.1) is 0 Å². The summed E-state index contributed by atoms with van der Waals surface area (Å²) in [5.74, 6) is -2.70. The second-order valence-electron chi connectivity index (χ2n) is 9.86. The van der Waals surface area contributed by atoms with E-state index in [2.05, 4.69) is 10.2 Å². The number of ether oxygens (including phenoxy) is 1. The van der Waals surface area contributed by atoms with Gasteiger partial charge in [0.05, 0.1) is 17.6 Å². The highest BCUT2D eigenvalue weighted by Gasteiger charge is 2.38. The molecule has 2 N–H and O–H groups in total. The number of fused-ring (bicyclic) bond motifs is 1. The van der Waals surface area contributed by atoms with Crippen LogP contribution in [0.2, 0.25) is 5.02 Å². The topological polar surface area (TPSA) is 114 Å². The maximum absolute atomic E-state index is 13.3. The van der Waals surface area contributed by atoms with E-state index in [-0.39, 0.29) is 17.5 Å². The summed E-state index contributed by atoms with van der Waals surface area (Å²) in [7, 11) is 1.66. The molecule has 1 aliphatic rings. The second kappa shape index (κ2) is 15.7. The number of carboxylic acid groups (broad SMARTS) is 1. The van der Waals surface area contributed by atoms with Crippen LogP contribution in [0.5, 0.6) is 0 Å². The zero-order valence-corrected chi connectivity index (χ0v) is 24.0. The maximum atomic E-state index is 13.3. The van der Waals surface area contributed by atoms with E-state index in [1.807, 2.05) is 48.5 Å². The molecule has 1 aromatic heterocycles. The quantitative estimate of drug-likeness (QED) is 0.312.